The van der Waals surface area contributed by atoms with E-state index in [9.17, 15) is 14.2 Å². The smallest absolute Gasteiger partial charge is 0.334 e. The van der Waals surface area contributed by atoms with Gasteiger partial charge >= 0.3 is 13.6 Å². The molecular weight excluding hydrogens is 359 g/mol. The van der Waals surface area contributed by atoms with E-state index in [-0.39, 0.29) is 12.6 Å². The van der Waals surface area contributed by atoms with Crippen LogP contribution in [-0.2, 0) is 29.3 Å². The predicted octanol–water partition coefficient (Wildman–Crippen LogP) is 2.64. The second-order valence-corrected chi connectivity index (χ2v) is 7.70. The van der Waals surface area contributed by atoms with Crippen LogP contribution in [0.4, 0.5) is 0 Å². The summed E-state index contributed by atoms with van der Waals surface area (Å²) in [6, 6.07) is 7.58. The molecule has 1 rings (SSSR count). The van der Waals surface area contributed by atoms with Gasteiger partial charge < -0.3 is 19.1 Å². The topological polar surface area (TPSA) is 115 Å². The molecule has 1 amide bonds. The van der Waals surface area contributed by atoms with E-state index in [1.165, 1.54) is 21.3 Å². The van der Waals surface area contributed by atoms with Crippen molar-refractivity contribution < 1.29 is 27.9 Å². The zero-order valence-electron chi connectivity index (χ0n) is 15.1. The highest BCUT2D eigenvalue weighted by molar-refractivity contribution is 7.52. The molecule has 0 heterocycles. The minimum Gasteiger partial charge on any atom is -0.467 e. The Morgan fingerprint density at radius 1 is 1.19 bits per heavy atom. The largest absolute Gasteiger partial charge is 0.467 e. The first-order chi connectivity index (χ1) is 12.4. The first-order valence-electron chi connectivity index (χ1n) is 7.94. The van der Waals surface area contributed by atoms with Gasteiger partial charge in [0.1, 0.15) is 6.04 Å². The Kier molecular flexibility index (Phi) is 9.00. The van der Waals surface area contributed by atoms with Crippen molar-refractivity contribution in [1.82, 2.24) is 5.32 Å². The van der Waals surface area contributed by atoms with Crippen LogP contribution in [-0.4, -0.2) is 39.2 Å². The van der Waals surface area contributed by atoms with Crippen molar-refractivity contribution in [2.45, 2.75) is 31.5 Å². The number of nitriles is 1. The second kappa shape index (κ2) is 10.7. The second-order valence-electron chi connectivity index (χ2n) is 5.43. The van der Waals surface area contributed by atoms with Gasteiger partial charge in [-0.15, -0.1) is 0 Å². The van der Waals surface area contributed by atoms with Crippen molar-refractivity contribution in [3.8, 4) is 6.07 Å². The molecule has 26 heavy (non-hydrogen) atoms. The van der Waals surface area contributed by atoms with E-state index >= 15 is 0 Å². The molecule has 0 aromatic heterocycles. The molecule has 8 nitrogen and oxygen atoms in total. The van der Waals surface area contributed by atoms with Gasteiger partial charge in [-0.2, -0.15) is 5.26 Å². The summed E-state index contributed by atoms with van der Waals surface area (Å²) < 4.78 is 26.6. The van der Waals surface area contributed by atoms with Gasteiger partial charge in [-0.3, -0.25) is 9.36 Å². The van der Waals surface area contributed by atoms with Crippen molar-refractivity contribution in [2.24, 2.45) is 0 Å². The molecule has 0 saturated carbocycles. The summed E-state index contributed by atoms with van der Waals surface area (Å²) in [5, 5.41) is 11.2. The van der Waals surface area contributed by atoms with Crippen LogP contribution in [0.15, 0.2) is 24.3 Å². The molecule has 9 heteroatoms. The minimum absolute atomic E-state index is 0.0842. The average molecular weight is 382 g/mol. The lowest BCUT2D eigenvalue weighted by Crippen LogP contribution is -2.41. The van der Waals surface area contributed by atoms with Crippen LogP contribution >= 0.6 is 7.60 Å². The fourth-order valence-corrected chi connectivity index (χ4v) is 3.27. The molecule has 0 saturated heterocycles. The molecule has 1 aromatic rings. The third-order valence-electron chi connectivity index (χ3n) is 3.72. The van der Waals surface area contributed by atoms with Gasteiger partial charge in [0.25, 0.3) is 5.91 Å². The van der Waals surface area contributed by atoms with Crippen molar-refractivity contribution >= 4 is 19.5 Å². The van der Waals surface area contributed by atoms with Crippen molar-refractivity contribution in [3.63, 3.8) is 0 Å². The number of hydrogen-bond acceptors (Lipinski definition) is 7. The van der Waals surface area contributed by atoms with Crippen LogP contribution < -0.4 is 5.32 Å². The maximum atomic E-state index is 12.3. The van der Waals surface area contributed by atoms with E-state index in [0.717, 1.165) is 0 Å². The fourth-order valence-electron chi connectivity index (χ4n) is 2.21. The van der Waals surface area contributed by atoms with Crippen molar-refractivity contribution in [2.75, 3.05) is 21.3 Å². The fraction of sp³-hybridized carbons (Fsp3) is 0.471. The molecule has 0 spiro atoms. The number of benzene rings is 1. The van der Waals surface area contributed by atoms with Gasteiger partial charge in [0.15, 0.2) is 0 Å². The Labute approximate surface area is 153 Å². The van der Waals surface area contributed by atoms with Crippen LogP contribution in [0.25, 0.3) is 0 Å². The molecule has 1 atom stereocenters. The summed E-state index contributed by atoms with van der Waals surface area (Å²) in [7, 11) is 0.677. The highest BCUT2D eigenvalue weighted by Gasteiger charge is 2.23. The average Bonchev–Trinajstić information content (AvgIpc) is 2.67. The van der Waals surface area contributed by atoms with Gasteiger partial charge in [-0.05, 0) is 30.5 Å². The Bertz CT molecular complexity index is 690. The number of hydrogen-bond donors (Lipinski definition) is 1. The lowest BCUT2D eigenvalue weighted by molar-refractivity contribution is -0.143. The van der Waals surface area contributed by atoms with Crippen LogP contribution in [0.5, 0.6) is 0 Å². The van der Waals surface area contributed by atoms with E-state index in [2.05, 4.69) is 10.1 Å². The molecule has 0 bridgehead atoms. The number of nitrogens with zero attached hydrogens (tertiary/aromatic N) is 1. The Balaban J connectivity index is 2.78. The molecule has 0 radical (unpaired) electrons. The maximum Gasteiger partial charge on any atom is 0.334 e. The molecule has 0 aliphatic carbocycles. The van der Waals surface area contributed by atoms with E-state index in [4.69, 9.17) is 14.3 Å². The molecule has 0 unspecified atom stereocenters. The number of ether oxygens (including phenoxy) is 1. The maximum absolute atomic E-state index is 12.3. The molecule has 0 fully saturated rings. The van der Waals surface area contributed by atoms with Crippen LogP contribution in [0.3, 0.4) is 0 Å². The number of unbranched alkanes of at least 4 members (excludes halogenated alkanes) is 1. The summed E-state index contributed by atoms with van der Waals surface area (Å²) in [5.41, 5.74) is 1.03. The Morgan fingerprint density at radius 2 is 1.81 bits per heavy atom. The SMILES string of the molecule is COC(=O)[C@@H](CCCC#N)NC(=O)c1ccc(CP(=O)(OC)OC)cc1. The number of esters is 1. The van der Waals surface area contributed by atoms with E-state index in [1.54, 1.807) is 24.3 Å². The summed E-state index contributed by atoms with van der Waals surface area (Å²) in [5.74, 6) is -1.00. The van der Waals surface area contributed by atoms with E-state index < -0.39 is 25.5 Å². The third kappa shape index (κ3) is 6.60. The molecular formula is C17H23N2O6P. The molecule has 1 N–H and O–H groups in total. The van der Waals surface area contributed by atoms with Gasteiger partial charge in [0.2, 0.25) is 0 Å². The summed E-state index contributed by atoms with van der Waals surface area (Å²) >= 11 is 0. The zero-order chi connectivity index (χ0) is 19.6. The summed E-state index contributed by atoms with van der Waals surface area (Å²) in [6.07, 6.45) is 1.16. The summed E-state index contributed by atoms with van der Waals surface area (Å²) in [6.45, 7) is 0. The zero-order valence-corrected chi connectivity index (χ0v) is 16.0. The van der Waals surface area contributed by atoms with Gasteiger partial charge in [-0.1, -0.05) is 12.1 Å². The molecule has 0 aliphatic rings. The predicted molar refractivity (Wildman–Crippen MR) is 94.5 cm³/mol. The van der Waals surface area contributed by atoms with Gasteiger partial charge in [0, 0.05) is 26.2 Å². The van der Waals surface area contributed by atoms with Crippen LogP contribution in [0, 0.1) is 11.3 Å². The lowest BCUT2D eigenvalue weighted by Gasteiger charge is -2.16. The molecule has 142 valence electrons. The number of methoxy groups -OCH3 is 1. The normalized spacial score (nSPS) is 12.1. The third-order valence-corrected chi connectivity index (χ3v) is 5.59. The van der Waals surface area contributed by atoms with Gasteiger partial charge in [-0.25, -0.2) is 4.79 Å². The number of amides is 1. The van der Waals surface area contributed by atoms with E-state index in [0.29, 0.717) is 24.0 Å². The Hall–Kier alpha value is -2.20. The van der Waals surface area contributed by atoms with E-state index in [1.807, 2.05) is 6.07 Å². The number of rotatable bonds is 10. The number of nitrogens with one attached hydrogen (secondary N) is 1. The van der Waals surface area contributed by atoms with Gasteiger partial charge in [0.05, 0.1) is 19.3 Å². The highest BCUT2D eigenvalue weighted by atomic mass is 31.2. The van der Waals surface area contributed by atoms with Crippen molar-refractivity contribution in [1.29, 1.82) is 5.26 Å². The Morgan fingerprint density at radius 3 is 2.31 bits per heavy atom. The molecule has 0 aliphatic heterocycles. The first kappa shape index (κ1) is 21.8. The van der Waals surface area contributed by atoms with Crippen LogP contribution in [0.1, 0.15) is 35.2 Å². The molecule has 1 aromatic carbocycles. The summed E-state index contributed by atoms with van der Waals surface area (Å²) in [4.78, 5) is 24.1. The number of carbonyl (C=O) groups is 2. The standard InChI is InChI=1S/C17H23N2O6P/c1-23-17(21)15(6-4-5-11-18)19-16(20)14-9-7-13(8-10-14)12-26(22,24-2)25-3/h7-10,15H,4-6,12H2,1-3H3,(H,19,20)/t15-/m1/s1. The van der Waals surface area contributed by atoms with Crippen molar-refractivity contribution in [3.05, 3.63) is 35.4 Å². The van der Waals surface area contributed by atoms with Crippen LogP contribution in [0.2, 0.25) is 0 Å². The number of carbonyl (C=O) groups excluding carboxylic acids is 2. The lowest BCUT2D eigenvalue weighted by atomic mass is 10.1. The highest BCUT2D eigenvalue weighted by Crippen LogP contribution is 2.49. The monoisotopic (exact) mass is 382 g/mol. The quantitative estimate of drug-likeness (QED) is 0.376. The minimum atomic E-state index is -3.19. The first-order valence-corrected chi connectivity index (χ1v) is 9.67.